The first-order valence-electron chi connectivity index (χ1n) is 14.5. The van der Waals surface area contributed by atoms with Crippen LogP contribution in [0.25, 0.3) is 27.7 Å². The van der Waals surface area contributed by atoms with E-state index in [1.54, 1.807) is 54.6 Å². The highest BCUT2D eigenvalue weighted by molar-refractivity contribution is 7.65. The fraction of sp³-hybridized carbons (Fsp3) is 0.241. The Kier molecular flexibility index (Phi) is 10.3. The van der Waals surface area contributed by atoms with Crippen LogP contribution in [0.5, 0.6) is 5.75 Å². The summed E-state index contributed by atoms with van der Waals surface area (Å²) < 4.78 is 66.3. The number of ether oxygens (including phenoxy) is 2. The topological polar surface area (TPSA) is 256 Å². The van der Waals surface area contributed by atoms with E-state index in [0.29, 0.717) is 22.6 Å². The molecule has 0 amide bonds. The Morgan fingerprint density at radius 3 is 2.32 bits per heavy atom. The summed E-state index contributed by atoms with van der Waals surface area (Å²) >= 11 is 0. The van der Waals surface area contributed by atoms with Gasteiger partial charge in [-0.3, -0.25) is 22.7 Å². The van der Waals surface area contributed by atoms with Crippen LogP contribution in [0.3, 0.4) is 0 Å². The van der Waals surface area contributed by atoms with Gasteiger partial charge in [-0.25, -0.2) is 18.4 Å². The summed E-state index contributed by atoms with van der Waals surface area (Å²) in [5.41, 5.74) is 0.909. The Bertz CT molecular complexity index is 2240. The smallest absolute Gasteiger partial charge is 0.336 e. The molecule has 7 atom stereocenters. The maximum Gasteiger partial charge on any atom is 0.336 e. The lowest BCUT2D eigenvalue weighted by atomic mass is 10.1. The molecule has 3 heterocycles. The van der Waals surface area contributed by atoms with E-state index in [4.69, 9.17) is 9.47 Å². The minimum Gasteiger partial charge on any atom is -0.756 e. The van der Waals surface area contributed by atoms with Crippen molar-refractivity contribution in [3.8, 4) is 17.0 Å². The molecule has 4 unspecified atom stereocenters. The predicted molar refractivity (Wildman–Crippen MR) is 167 cm³/mol. The third-order valence-corrected chi connectivity index (χ3v) is 11.6. The van der Waals surface area contributed by atoms with Crippen molar-refractivity contribution in [2.45, 2.75) is 31.1 Å². The Morgan fingerprint density at radius 2 is 1.58 bits per heavy atom. The van der Waals surface area contributed by atoms with Gasteiger partial charge in [0.25, 0.3) is 23.5 Å². The number of aliphatic hydroxyl groups is 2. The van der Waals surface area contributed by atoms with Gasteiger partial charge in [-0.1, -0.05) is 48.5 Å². The number of benzene rings is 3. The number of aliphatic hydroxyl groups excluding tert-OH is 2. The van der Waals surface area contributed by atoms with Crippen LogP contribution in [-0.4, -0.2) is 56.2 Å². The first-order valence-corrected chi connectivity index (χ1v) is 18.9. The SMILES string of the molecule is COc1cccc(-c2cn3c(=O)n([C@@H]4O[C@H](COP(=O)([O-])OP(=O)([O-])OP(=O)([O-])OCc5ccc6ccccc6c5)[C@H](O)C4O)ccc3n2)c1. The second kappa shape index (κ2) is 14.2. The molecule has 18 nitrogen and oxygen atoms in total. The van der Waals surface area contributed by atoms with Crippen LogP contribution in [0, 0.1) is 0 Å². The number of hydrogen-bond acceptors (Lipinski definition) is 16. The van der Waals surface area contributed by atoms with Crippen LogP contribution in [0.4, 0.5) is 0 Å². The van der Waals surface area contributed by atoms with E-state index >= 15 is 0 Å². The molecule has 0 aliphatic carbocycles. The highest BCUT2D eigenvalue weighted by Crippen LogP contribution is 2.63. The molecule has 2 N–H and O–H groups in total. The lowest BCUT2D eigenvalue weighted by Gasteiger charge is -2.34. The van der Waals surface area contributed by atoms with E-state index in [-0.39, 0.29) is 5.65 Å². The van der Waals surface area contributed by atoms with Gasteiger partial charge in [0.05, 0.1) is 26.0 Å². The molecule has 2 aromatic heterocycles. The molecule has 1 fully saturated rings. The molecule has 50 heavy (non-hydrogen) atoms. The summed E-state index contributed by atoms with van der Waals surface area (Å²) in [5, 5.41) is 22.8. The maximum atomic E-state index is 13.3. The van der Waals surface area contributed by atoms with Crippen molar-refractivity contribution in [1.29, 1.82) is 0 Å². The van der Waals surface area contributed by atoms with Crippen molar-refractivity contribution in [2.24, 2.45) is 0 Å². The molecule has 1 aliphatic heterocycles. The van der Waals surface area contributed by atoms with E-state index in [2.05, 4.69) is 22.7 Å². The second-order valence-corrected chi connectivity index (χ2v) is 15.4. The summed E-state index contributed by atoms with van der Waals surface area (Å²) in [6, 6.07) is 20.3. The molecular weight excluding hydrogens is 723 g/mol. The van der Waals surface area contributed by atoms with E-state index in [0.717, 1.165) is 19.7 Å². The number of methoxy groups -OCH3 is 1. The van der Waals surface area contributed by atoms with E-state index < -0.39 is 66.9 Å². The van der Waals surface area contributed by atoms with Gasteiger partial charge in [-0.2, -0.15) is 0 Å². The Labute approximate surface area is 282 Å². The minimum absolute atomic E-state index is 0.243. The van der Waals surface area contributed by atoms with E-state index in [1.807, 2.05) is 6.07 Å². The Balaban J connectivity index is 1.07. The largest absolute Gasteiger partial charge is 0.756 e. The Hall–Kier alpha value is -3.57. The van der Waals surface area contributed by atoms with Crippen molar-refractivity contribution in [3.63, 3.8) is 0 Å². The average molecular weight is 750 g/mol. The van der Waals surface area contributed by atoms with Gasteiger partial charge in [0, 0.05) is 18.0 Å². The first kappa shape index (κ1) is 36.2. The van der Waals surface area contributed by atoms with Crippen LogP contribution in [0.15, 0.2) is 90.0 Å². The van der Waals surface area contributed by atoms with Gasteiger partial charge in [0.15, 0.2) is 6.23 Å². The number of nitrogens with zero attached hydrogens (tertiary/aromatic N) is 3. The minimum atomic E-state index is -6.16. The summed E-state index contributed by atoms with van der Waals surface area (Å²) in [5.74, 6) is 0.563. The van der Waals surface area contributed by atoms with Gasteiger partial charge in [-0.05, 0) is 40.6 Å². The van der Waals surface area contributed by atoms with Crippen LogP contribution in [0.1, 0.15) is 11.8 Å². The zero-order valence-corrected chi connectivity index (χ0v) is 28.4. The van der Waals surface area contributed by atoms with Crippen LogP contribution < -0.4 is 25.1 Å². The molecule has 1 aliphatic rings. The number of hydrogen-bond donors (Lipinski definition) is 2. The van der Waals surface area contributed by atoms with Gasteiger partial charge < -0.3 is 43.4 Å². The van der Waals surface area contributed by atoms with Crippen LogP contribution >= 0.6 is 23.5 Å². The second-order valence-electron chi connectivity index (χ2n) is 10.9. The van der Waals surface area contributed by atoms with E-state index in [9.17, 15) is 43.4 Å². The molecule has 5 aromatic rings. The maximum absolute atomic E-state index is 13.3. The molecule has 1 saturated heterocycles. The lowest BCUT2D eigenvalue weighted by Crippen LogP contribution is -2.37. The average Bonchev–Trinajstić information content (AvgIpc) is 3.63. The van der Waals surface area contributed by atoms with Gasteiger partial charge in [0.2, 0.25) is 0 Å². The number of phosphoric acid groups is 3. The summed E-state index contributed by atoms with van der Waals surface area (Å²) in [7, 11) is -16.2. The van der Waals surface area contributed by atoms with Gasteiger partial charge in [-0.15, -0.1) is 0 Å². The van der Waals surface area contributed by atoms with Crippen molar-refractivity contribution >= 4 is 39.9 Å². The lowest BCUT2D eigenvalue weighted by molar-refractivity contribution is -0.252. The zero-order valence-electron chi connectivity index (χ0n) is 25.7. The summed E-state index contributed by atoms with van der Waals surface area (Å²) in [6.07, 6.45) is -4.14. The van der Waals surface area contributed by atoms with Crippen LogP contribution in [0.2, 0.25) is 0 Å². The molecule has 6 rings (SSSR count). The molecule has 0 saturated carbocycles. The van der Waals surface area contributed by atoms with E-state index in [1.165, 1.54) is 31.6 Å². The zero-order chi connectivity index (χ0) is 35.8. The standard InChI is InChI=1S/C29H30N3O15P3/c1-42-22-8-4-7-21(14-22)23-15-32-25(30-23)11-12-31(29(32)35)28-27(34)26(33)24(45-28)17-44-49(38,39)47-50(40,41)46-48(36,37)43-16-18-9-10-19-5-2-3-6-20(19)13-18/h2-15,24,26-28,33-34H,16-17H2,1H3,(H,36,37)(H,38,39)(H,40,41)/p-3/t24-,26+,27?,28-/m1/s1. The number of fused-ring (bicyclic) bond motifs is 2. The molecular formula is C29H27N3O15P3-3. The fourth-order valence-electron chi connectivity index (χ4n) is 5.17. The van der Waals surface area contributed by atoms with Gasteiger partial charge in [0.1, 0.15) is 29.7 Å². The highest BCUT2D eigenvalue weighted by Gasteiger charge is 2.45. The molecule has 0 spiro atoms. The molecule has 266 valence electrons. The summed E-state index contributed by atoms with van der Waals surface area (Å²) in [4.78, 5) is 54.4. The predicted octanol–water partition coefficient (Wildman–Crippen LogP) is 1.62. The quantitative estimate of drug-likeness (QED) is 0.162. The Morgan fingerprint density at radius 1 is 0.860 bits per heavy atom. The summed E-state index contributed by atoms with van der Waals surface area (Å²) in [6.45, 7) is -1.76. The number of aromatic nitrogens is 3. The molecule has 0 radical (unpaired) electrons. The highest BCUT2D eigenvalue weighted by atomic mass is 31.3. The fourth-order valence-corrected chi connectivity index (χ4v) is 8.53. The third-order valence-electron chi connectivity index (χ3n) is 7.52. The van der Waals surface area contributed by atoms with Crippen LogP contribution in [-0.2, 0) is 42.7 Å². The van der Waals surface area contributed by atoms with Crippen molar-refractivity contribution in [2.75, 3.05) is 13.7 Å². The molecule has 0 bridgehead atoms. The normalized spacial score (nSPS) is 23.0. The monoisotopic (exact) mass is 750 g/mol. The van der Waals surface area contributed by atoms with Crippen molar-refractivity contribution in [1.82, 2.24) is 14.0 Å². The van der Waals surface area contributed by atoms with Gasteiger partial charge >= 0.3 is 5.69 Å². The number of phosphoric ester groups is 2. The number of rotatable bonds is 13. The number of imidazole rings is 1. The van der Waals surface area contributed by atoms with Crippen molar-refractivity contribution < 1.29 is 65.7 Å². The third kappa shape index (κ3) is 8.15. The first-order chi connectivity index (χ1) is 23.6. The molecule has 21 heteroatoms. The van der Waals surface area contributed by atoms with Crippen molar-refractivity contribution in [3.05, 3.63) is 101 Å². The molecule has 3 aromatic carbocycles.